The third-order valence-electron chi connectivity index (χ3n) is 3.14. The Bertz CT molecular complexity index is 257. The molecule has 0 saturated heterocycles. The molecule has 0 aromatic carbocycles. The van der Waals surface area contributed by atoms with Crippen LogP contribution in [0.25, 0.3) is 0 Å². The Labute approximate surface area is 115 Å². The van der Waals surface area contributed by atoms with Crippen LogP contribution in [0, 0.1) is 5.41 Å². The van der Waals surface area contributed by atoms with Crippen molar-refractivity contribution in [2.45, 2.75) is 46.5 Å². The van der Waals surface area contributed by atoms with Crippen molar-refractivity contribution in [2.75, 3.05) is 26.9 Å². The van der Waals surface area contributed by atoms with Crippen molar-refractivity contribution in [3.63, 3.8) is 0 Å². The minimum absolute atomic E-state index is 0.262. The summed E-state index contributed by atoms with van der Waals surface area (Å²) in [6.45, 7) is 6.41. The molecule has 0 bridgehead atoms. The van der Waals surface area contributed by atoms with E-state index in [2.05, 4.69) is 0 Å². The van der Waals surface area contributed by atoms with E-state index in [0.29, 0.717) is 19.4 Å². The molecule has 0 radical (unpaired) electrons. The van der Waals surface area contributed by atoms with Crippen LogP contribution in [0.5, 0.6) is 0 Å². The number of rotatable bonds is 10. The van der Waals surface area contributed by atoms with Gasteiger partial charge in [-0.2, -0.15) is 0 Å². The second-order valence-electron chi connectivity index (χ2n) is 4.33. The molecular formula is C14H26O5. The molecule has 0 aliphatic rings. The van der Waals surface area contributed by atoms with E-state index in [4.69, 9.17) is 14.2 Å². The van der Waals surface area contributed by atoms with Crippen LogP contribution in [0.3, 0.4) is 0 Å². The van der Waals surface area contributed by atoms with E-state index in [-0.39, 0.29) is 13.2 Å². The summed E-state index contributed by atoms with van der Waals surface area (Å²) >= 11 is 0. The highest BCUT2D eigenvalue weighted by molar-refractivity contribution is 6.00. The van der Waals surface area contributed by atoms with E-state index >= 15 is 0 Å². The number of carbonyl (C=O) groups excluding carboxylic acids is 2. The lowest BCUT2D eigenvalue weighted by Gasteiger charge is -2.27. The number of hydrogen-bond acceptors (Lipinski definition) is 5. The van der Waals surface area contributed by atoms with Gasteiger partial charge in [0.2, 0.25) is 0 Å². The Morgan fingerprint density at radius 2 is 1.47 bits per heavy atom. The smallest absolute Gasteiger partial charge is 0.323 e. The molecule has 0 rings (SSSR count). The van der Waals surface area contributed by atoms with Crippen LogP contribution >= 0.6 is 0 Å². The molecule has 5 nitrogen and oxygen atoms in total. The zero-order chi connectivity index (χ0) is 14.7. The normalized spacial score (nSPS) is 11.2. The SMILES string of the molecule is CCOC(=O)C(CC)(CCCCOC)C(=O)OCC. The fraction of sp³-hybridized carbons (Fsp3) is 0.857. The van der Waals surface area contributed by atoms with Crippen molar-refractivity contribution in [3.05, 3.63) is 0 Å². The maximum absolute atomic E-state index is 12.1. The minimum Gasteiger partial charge on any atom is -0.465 e. The van der Waals surface area contributed by atoms with E-state index in [1.165, 1.54) is 0 Å². The number of carbonyl (C=O) groups is 2. The van der Waals surface area contributed by atoms with Gasteiger partial charge in [-0.25, -0.2) is 0 Å². The van der Waals surface area contributed by atoms with Crippen molar-refractivity contribution < 1.29 is 23.8 Å². The summed E-state index contributed by atoms with van der Waals surface area (Å²) in [5, 5.41) is 0. The molecule has 0 aromatic rings. The molecule has 19 heavy (non-hydrogen) atoms. The predicted octanol–water partition coefficient (Wildman–Crippen LogP) is 2.33. The van der Waals surface area contributed by atoms with E-state index in [1.807, 2.05) is 6.92 Å². The lowest BCUT2D eigenvalue weighted by Crippen LogP contribution is -2.41. The Morgan fingerprint density at radius 1 is 0.947 bits per heavy atom. The van der Waals surface area contributed by atoms with Gasteiger partial charge in [-0.05, 0) is 39.5 Å². The molecule has 0 aliphatic heterocycles. The van der Waals surface area contributed by atoms with Gasteiger partial charge in [-0.15, -0.1) is 0 Å². The first-order chi connectivity index (χ1) is 9.08. The highest BCUT2D eigenvalue weighted by Crippen LogP contribution is 2.32. The summed E-state index contributed by atoms with van der Waals surface area (Å²) in [4.78, 5) is 24.2. The maximum Gasteiger partial charge on any atom is 0.323 e. The van der Waals surface area contributed by atoms with Gasteiger partial charge in [-0.1, -0.05) is 6.92 Å². The van der Waals surface area contributed by atoms with Gasteiger partial charge >= 0.3 is 11.9 Å². The quantitative estimate of drug-likeness (QED) is 0.347. The minimum atomic E-state index is -1.17. The highest BCUT2D eigenvalue weighted by Gasteiger charge is 2.46. The number of esters is 2. The lowest BCUT2D eigenvalue weighted by molar-refractivity contribution is -0.173. The van der Waals surface area contributed by atoms with Crippen LogP contribution in [0.1, 0.15) is 46.5 Å². The molecule has 112 valence electrons. The van der Waals surface area contributed by atoms with E-state index in [9.17, 15) is 9.59 Å². The summed E-state index contributed by atoms with van der Waals surface area (Å²) in [6.07, 6.45) is 2.35. The molecular weight excluding hydrogens is 248 g/mol. The number of ether oxygens (including phenoxy) is 3. The van der Waals surface area contributed by atoms with Crippen LogP contribution < -0.4 is 0 Å². The lowest BCUT2D eigenvalue weighted by atomic mass is 9.80. The van der Waals surface area contributed by atoms with Crippen molar-refractivity contribution in [1.29, 1.82) is 0 Å². The van der Waals surface area contributed by atoms with Gasteiger partial charge in [-0.3, -0.25) is 9.59 Å². The number of hydrogen-bond donors (Lipinski definition) is 0. The van der Waals surface area contributed by atoms with Gasteiger partial charge in [0.25, 0.3) is 0 Å². The van der Waals surface area contributed by atoms with Gasteiger partial charge < -0.3 is 14.2 Å². The molecule has 0 fully saturated rings. The molecule has 5 heteroatoms. The molecule has 0 aromatic heterocycles. The number of methoxy groups -OCH3 is 1. The van der Waals surface area contributed by atoms with E-state index in [1.54, 1.807) is 21.0 Å². The molecule has 0 atom stereocenters. The topological polar surface area (TPSA) is 61.8 Å². The van der Waals surface area contributed by atoms with Gasteiger partial charge in [0.15, 0.2) is 5.41 Å². The first kappa shape index (κ1) is 17.9. The first-order valence-corrected chi connectivity index (χ1v) is 6.92. The zero-order valence-electron chi connectivity index (χ0n) is 12.5. The largest absolute Gasteiger partial charge is 0.465 e. The Morgan fingerprint density at radius 3 is 1.84 bits per heavy atom. The molecule has 0 heterocycles. The Kier molecular flexibility index (Phi) is 9.21. The van der Waals surface area contributed by atoms with Crippen molar-refractivity contribution in [2.24, 2.45) is 5.41 Å². The summed E-state index contributed by atoms with van der Waals surface area (Å²) < 4.78 is 15.1. The molecule has 0 spiro atoms. The van der Waals surface area contributed by atoms with Gasteiger partial charge in [0, 0.05) is 13.7 Å². The summed E-state index contributed by atoms with van der Waals surface area (Å²) in [5.41, 5.74) is -1.17. The second kappa shape index (κ2) is 9.78. The van der Waals surface area contributed by atoms with Crippen LogP contribution in [0.4, 0.5) is 0 Å². The Balaban J connectivity index is 4.84. The summed E-state index contributed by atoms with van der Waals surface area (Å²) in [6, 6.07) is 0. The Hall–Kier alpha value is -1.10. The van der Waals surface area contributed by atoms with Crippen LogP contribution in [0.15, 0.2) is 0 Å². The molecule has 0 unspecified atom stereocenters. The molecule has 0 amide bonds. The van der Waals surface area contributed by atoms with E-state index < -0.39 is 17.4 Å². The van der Waals surface area contributed by atoms with Crippen molar-refractivity contribution in [1.82, 2.24) is 0 Å². The first-order valence-electron chi connectivity index (χ1n) is 6.92. The average Bonchev–Trinajstić information content (AvgIpc) is 2.40. The standard InChI is InChI=1S/C14H26O5/c1-5-14(12(15)18-6-2,13(16)19-7-3)10-8-9-11-17-4/h5-11H2,1-4H3. The van der Waals surface area contributed by atoms with Crippen LogP contribution in [0.2, 0.25) is 0 Å². The van der Waals surface area contributed by atoms with Crippen molar-refractivity contribution >= 4 is 11.9 Å². The van der Waals surface area contributed by atoms with E-state index in [0.717, 1.165) is 12.8 Å². The predicted molar refractivity (Wildman–Crippen MR) is 71.7 cm³/mol. The zero-order valence-corrected chi connectivity index (χ0v) is 12.5. The highest BCUT2D eigenvalue weighted by atomic mass is 16.6. The van der Waals surface area contributed by atoms with Crippen molar-refractivity contribution in [3.8, 4) is 0 Å². The fourth-order valence-electron chi connectivity index (χ4n) is 1.96. The maximum atomic E-state index is 12.1. The number of unbranched alkanes of at least 4 members (excludes halogenated alkanes) is 1. The summed E-state index contributed by atoms with van der Waals surface area (Å²) in [5.74, 6) is -0.957. The fourth-order valence-corrected chi connectivity index (χ4v) is 1.96. The monoisotopic (exact) mass is 274 g/mol. The molecule has 0 aliphatic carbocycles. The average molecular weight is 274 g/mol. The third-order valence-corrected chi connectivity index (χ3v) is 3.14. The van der Waals surface area contributed by atoms with Crippen LogP contribution in [-0.2, 0) is 23.8 Å². The molecule has 0 N–H and O–H groups in total. The van der Waals surface area contributed by atoms with Crippen LogP contribution in [-0.4, -0.2) is 38.9 Å². The van der Waals surface area contributed by atoms with Gasteiger partial charge in [0.1, 0.15) is 0 Å². The van der Waals surface area contributed by atoms with Gasteiger partial charge in [0.05, 0.1) is 13.2 Å². The summed E-state index contributed by atoms with van der Waals surface area (Å²) in [7, 11) is 1.63. The molecule has 0 saturated carbocycles. The third kappa shape index (κ3) is 5.19. The second-order valence-corrected chi connectivity index (χ2v) is 4.33.